The summed E-state index contributed by atoms with van der Waals surface area (Å²) in [4.78, 5) is 18.3. The molecule has 2 rings (SSSR count). The Morgan fingerprint density at radius 2 is 2.04 bits per heavy atom. The Hall–Kier alpha value is -1.01. The van der Waals surface area contributed by atoms with Crippen LogP contribution in [0.3, 0.4) is 0 Å². The summed E-state index contributed by atoms with van der Waals surface area (Å²) in [5.41, 5.74) is 7.82. The Kier molecular flexibility index (Phi) is 5.79. The first kappa shape index (κ1) is 18.3. The van der Waals surface area contributed by atoms with Gasteiger partial charge in [0.15, 0.2) is 0 Å². The lowest BCUT2D eigenvalue weighted by Crippen LogP contribution is -2.38. The highest BCUT2D eigenvalue weighted by molar-refractivity contribution is 9.10. The molecule has 1 aliphatic heterocycles. The number of hydrogen-bond acceptors (Lipinski definition) is 5. The second kappa shape index (κ2) is 7.26. The maximum absolute atomic E-state index is 11.9. The number of pyridine rings is 1. The Morgan fingerprint density at radius 3 is 2.61 bits per heavy atom. The molecule has 1 fully saturated rings. The normalized spacial score (nSPS) is 17.2. The molecule has 0 aliphatic carbocycles. The largest absolute Gasteiger partial charge is 0.466 e. The average molecular weight is 405 g/mol. The first-order valence-corrected chi connectivity index (χ1v) is 8.96. The van der Waals surface area contributed by atoms with E-state index in [1.54, 1.807) is 6.92 Å². The number of carbonyl (C=O) groups excluding carboxylic acids is 1. The summed E-state index contributed by atoms with van der Waals surface area (Å²) < 4.78 is 5.75. The van der Waals surface area contributed by atoms with Crippen LogP contribution < -0.4 is 10.6 Å². The van der Waals surface area contributed by atoms with E-state index in [9.17, 15) is 4.79 Å². The lowest BCUT2D eigenvalue weighted by molar-refractivity contribution is -0.142. The van der Waals surface area contributed by atoms with Crippen molar-refractivity contribution >= 4 is 45.0 Å². The SMILES string of the molecule is CCOC(=O)Cc1c(Cl)nc(N)c(Br)c1N1CCC(C)(C)CC1. The van der Waals surface area contributed by atoms with Gasteiger partial charge in [-0.1, -0.05) is 25.4 Å². The molecule has 0 unspecified atom stereocenters. The van der Waals surface area contributed by atoms with Gasteiger partial charge in [-0.25, -0.2) is 4.98 Å². The third-order valence-corrected chi connectivity index (χ3v) is 5.34. The summed E-state index contributed by atoms with van der Waals surface area (Å²) in [5, 5.41) is 0.263. The van der Waals surface area contributed by atoms with Crippen molar-refractivity contribution < 1.29 is 9.53 Å². The highest BCUT2D eigenvalue weighted by Gasteiger charge is 2.30. The van der Waals surface area contributed by atoms with E-state index >= 15 is 0 Å². The summed E-state index contributed by atoms with van der Waals surface area (Å²) in [7, 11) is 0. The Balaban J connectivity index is 2.38. The summed E-state index contributed by atoms with van der Waals surface area (Å²) in [5.74, 6) is 0.0221. The van der Waals surface area contributed by atoms with Crippen LogP contribution in [0.4, 0.5) is 11.5 Å². The first-order valence-electron chi connectivity index (χ1n) is 7.79. The molecule has 1 aromatic heterocycles. The van der Waals surface area contributed by atoms with E-state index in [-0.39, 0.29) is 17.5 Å². The van der Waals surface area contributed by atoms with E-state index in [1.165, 1.54) is 0 Å². The van der Waals surface area contributed by atoms with Gasteiger partial charge in [-0.2, -0.15) is 0 Å². The van der Waals surface area contributed by atoms with Crippen LogP contribution >= 0.6 is 27.5 Å². The molecule has 7 heteroatoms. The van der Waals surface area contributed by atoms with Crippen molar-refractivity contribution in [2.75, 3.05) is 30.3 Å². The molecule has 0 radical (unpaired) electrons. The van der Waals surface area contributed by atoms with E-state index < -0.39 is 0 Å². The van der Waals surface area contributed by atoms with Crippen LogP contribution in [0.1, 0.15) is 39.2 Å². The number of esters is 1. The van der Waals surface area contributed by atoms with Gasteiger partial charge in [0.1, 0.15) is 11.0 Å². The highest BCUT2D eigenvalue weighted by atomic mass is 79.9. The van der Waals surface area contributed by atoms with E-state index in [2.05, 4.69) is 39.7 Å². The van der Waals surface area contributed by atoms with Crippen LogP contribution in [-0.2, 0) is 16.0 Å². The lowest BCUT2D eigenvalue weighted by Gasteiger charge is -2.39. The van der Waals surface area contributed by atoms with Gasteiger partial charge in [-0.15, -0.1) is 0 Å². The van der Waals surface area contributed by atoms with Crippen molar-refractivity contribution in [2.45, 2.75) is 40.0 Å². The highest BCUT2D eigenvalue weighted by Crippen LogP contribution is 2.41. The predicted octanol–water partition coefficient (Wildman–Crippen LogP) is 3.81. The molecule has 2 heterocycles. The molecule has 128 valence electrons. The van der Waals surface area contributed by atoms with E-state index in [1.807, 2.05) is 0 Å². The number of rotatable bonds is 4. The lowest BCUT2D eigenvalue weighted by atomic mass is 9.82. The number of ether oxygens (including phenoxy) is 1. The third kappa shape index (κ3) is 4.29. The fraction of sp³-hybridized carbons (Fsp3) is 0.625. The average Bonchev–Trinajstić information content (AvgIpc) is 2.46. The fourth-order valence-corrected chi connectivity index (χ4v) is 3.58. The molecule has 0 bridgehead atoms. The Bertz CT molecular complexity index is 597. The Morgan fingerprint density at radius 1 is 1.43 bits per heavy atom. The summed E-state index contributed by atoms with van der Waals surface area (Å²) in [6, 6.07) is 0. The predicted molar refractivity (Wildman–Crippen MR) is 96.9 cm³/mol. The number of piperidine rings is 1. The number of carbonyl (C=O) groups is 1. The zero-order valence-electron chi connectivity index (χ0n) is 13.8. The molecule has 0 amide bonds. The van der Waals surface area contributed by atoms with Crippen molar-refractivity contribution in [1.82, 2.24) is 4.98 Å². The Labute approximate surface area is 150 Å². The van der Waals surface area contributed by atoms with Gasteiger partial charge in [0, 0.05) is 18.7 Å². The van der Waals surface area contributed by atoms with Crippen LogP contribution in [0.2, 0.25) is 5.15 Å². The standard InChI is InChI=1S/C16H23BrClN3O2/c1-4-23-11(22)9-10-13(12(17)15(19)20-14(10)18)21-7-5-16(2,3)6-8-21/h4-9H2,1-3H3,(H2,19,20). The van der Waals surface area contributed by atoms with Gasteiger partial charge in [0.25, 0.3) is 0 Å². The minimum Gasteiger partial charge on any atom is -0.466 e. The monoisotopic (exact) mass is 403 g/mol. The van der Waals surface area contributed by atoms with Gasteiger partial charge in [0.2, 0.25) is 0 Å². The van der Waals surface area contributed by atoms with Crippen LogP contribution in [0.25, 0.3) is 0 Å². The number of anilines is 2. The maximum atomic E-state index is 11.9. The molecule has 1 aromatic rings. The van der Waals surface area contributed by atoms with Crippen molar-refractivity contribution in [2.24, 2.45) is 5.41 Å². The molecule has 2 N–H and O–H groups in total. The summed E-state index contributed by atoms with van der Waals surface area (Å²) in [6.07, 6.45) is 2.23. The third-order valence-electron chi connectivity index (χ3n) is 4.25. The molecule has 1 saturated heterocycles. The summed E-state index contributed by atoms with van der Waals surface area (Å²) in [6.45, 7) is 8.44. The van der Waals surface area contributed by atoms with Crippen LogP contribution in [0, 0.1) is 5.41 Å². The van der Waals surface area contributed by atoms with Gasteiger partial charge < -0.3 is 15.4 Å². The second-order valence-electron chi connectivity index (χ2n) is 6.56. The maximum Gasteiger partial charge on any atom is 0.310 e. The summed E-state index contributed by atoms with van der Waals surface area (Å²) >= 11 is 9.80. The molecule has 23 heavy (non-hydrogen) atoms. The molecular formula is C16H23BrClN3O2. The van der Waals surface area contributed by atoms with Crippen LogP contribution in [0.15, 0.2) is 4.47 Å². The molecule has 0 aromatic carbocycles. The molecule has 1 aliphatic rings. The zero-order chi connectivity index (χ0) is 17.2. The number of hydrogen-bond donors (Lipinski definition) is 1. The number of halogens is 2. The number of aromatic nitrogens is 1. The number of nitrogens with zero attached hydrogens (tertiary/aromatic N) is 2. The van der Waals surface area contributed by atoms with E-state index in [4.69, 9.17) is 22.1 Å². The van der Waals surface area contributed by atoms with Gasteiger partial charge >= 0.3 is 5.97 Å². The minimum atomic E-state index is -0.313. The molecule has 0 saturated carbocycles. The second-order valence-corrected chi connectivity index (χ2v) is 7.71. The smallest absolute Gasteiger partial charge is 0.310 e. The fourth-order valence-electron chi connectivity index (χ4n) is 2.75. The van der Waals surface area contributed by atoms with E-state index in [0.29, 0.717) is 27.9 Å². The number of nitrogen functional groups attached to an aromatic ring is 1. The van der Waals surface area contributed by atoms with Crippen molar-refractivity contribution in [1.29, 1.82) is 0 Å². The van der Waals surface area contributed by atoms with Crippen molar-refractivity contribution in [3.05, 3.63) is 15.2 Å². The van der Waals surface area contributed by atoms with Crippen LogP contribution in [-0.4, -0.2) is 30.6 Å². The van der Waals surface area contributed by atoms with Crippen molar-refractivity contribution in [3.63, 3.8) is 0 Å². The van der Waals surface area contributed by atoms with E-state index in [0.717, 1.165) is 31.6 Å². The topological polar surface area (TPSA) is 68.4 Å². The van der Waals surface area contributed by atoms with Gasteiger partial charge in [0.05, 0.1) is 23.2 Å². The first-order chi connectivity index (χ1) is 10.7. The molecular weight excluding hydrogens is 382 g/mol. The van der Waals surface area contributed by atoms with Gasteiger partial charge in [-0.05, 0) is 41.1 Å². The molecule has 5 nitrogen and oxygen atoms in total. The molecule has 0 atom stereocenters. The van der Waals surface area contributed by atoms with Crippen molar-refractivity contribution in [3.8, 4) is 0 Å². The number of nitrogens with two attached hydrogens (primary N) is 1. The van der Waals surface area contributed by atoms with Gasteiger partial charge in [-0.3, -0.25) is 4.79 Å². The minimum absolute atomic E-state index is 0.0911. The molecule has 0 spiro atoms. The zero-order valence-corrected chi connectivity index (χ0v) is 16.1. The van der Waals surface area contributed by atoms with Crippen LogP contribution in [0.5, 0.6) is 0 Å². The quantitative estimate of drug-likeness (QED) is 0.610.